The first-order valence-electron chi connectivity index (χ1n) is 10.3. The Hall–Kier alpha value is -1.65. The van der Waals surface area contributed by atoms with Crippen LogP contribution in [0.1, 0.15) is 49.1 Å². The lowest BCUT2D eigenvalue weighted by atomic mass is 9.99. The van der Waals surface area contributed by atoms with Crippen LogP contribution in [0.3, 0.4) is 0 Å². The molecule has 2 fully saturated rings. The molecule has 4 nitrogen and oxygen atoms in total. The van der Waals surface area contributed by atoms with E-state index in [-0.39, 0.29) is 0 Å². The van der Waals surface area contributed by atoms with Crippen molar-refractivity contribution in [3.63, 3.8) is 0 Å². The number of para-hydroxylation sites is 1. The van der Waals surface area contributed by atoms with Gasteiger partial charge in [0.05, 0.1) is 11.4 Å². The summed E-state index contributed by atoms with van der Waals surface area (Å²) in [7, 11) is 0. The SMILES string of the molecule is Cc1nn(-c2ccccc2)c(C)c1CN1CCC(N2CCCCC2)CC1. The van der Waals surface area contributed by atoms with Crippen LogP contribution in [0.4, 0.5) is 0 Å². The maximum absolute atomic E-state index is 4.82. The molecule has 0 saturated carbocycles. The van der Waals surface area contributed by atoms with Crippen LogP contribution in [0.25, 0.3) is 5.69 Å². The summed E-state index contributed by atoms with van der Waals surface area (Å²) in [6.07, 6.45) is 6.88. The molecular weight excluding hydrogens is 320 g/mol. The molecule has 2 saturated heterocycles. The molecule has 0 amide bonds. The fraction of sp³-hybridized carbons (Fsp3) is 0.591. The van der Waals surface area contributed by atoms with Gasteiger partial charge in [-0.25, -0.2) is 4.68 Å². The van der Waals surface area contributed by atoms with E-state index in [0.29, 0.717) is 0 Å². The van der Waals surface area contributed by atoms with Gasteiger partial charge in [-0.15, -0.1) is 0 Å². The zero-order valence-corrected chi connectivity index (χ0v) is 16.3. The predicted molar refractivity (Wildman–Crippen MR) is 107 cm³/mol. The summed E-state index contributed by atoms with van der Waals surface area (Å²) in [6.45, 7) is 10.5. The van der Waals surface area contributed by atoms with Gasteiger partial charge >= 0.3 is 0 Å². The van der Waals surface area contributed by atoms with Gasteiger partial charge in [-0.3, -0.25) is 4.90 Å². The van der Waals surface area contributed by atoms with Crippen molar-refractivity contribution in [3.8, 4) is 5.69 Å². The van der Waals surface area contributed by atoms with E-state index < -0.39 is 0 Å². The third-order valence-electron chi connectivity index (χ3n) is 6.29. The summed E-state index contributed by atoms with van der Waals surface area (Å²) in [5, 5.41) is 4.82. The lowest BCUT2D eigenvalue weighted by Gasteiger charge is -2.40. The molecule has 0 N–H and O–H groups in total. The Bertz CT molecular complexity index is 707. The standard InChI is InChI=1S/C22H32N4/c1-18-22(19(2)26(23-18)21-9-5-3-6-10-21)17-24-15-11-20(12-16-24)25-13-7-4-8-14-25/h3,5-6,9-10,20H,4,7-8,11-17H2,1-2H3. The summed E-state index contributed by atoms with van der Waals surface area (Å²) < 4.78 is 2.10. The van der Waals surface area contributed by atoms with E-state index in [1.165, 1.54) is 75.2 Å². The monoisotopic (exact) mass is 352 g/mol. The van der Waals surface area contributed by atoms with Crippen LogP contribution in [-0.4, -0.2) is 51.8 Å². The fourth-order valence-corrected chi connectivity index (χ4v) is 4.67. The molecule has 0 aliphatic carbocycles. The van der Waals surface area contributed by atoms with E-state index in [1.54, 1.807) is 0 Å². The van der Waals surface area contributed by atoms with Crippen LogP contribution < -0.4 is 0 Å². The number of nitrogens with zero attached hydrogens (tertiary/aromatic N) is 4. The van der Waals surface area contributed by atoms with Gasteiger partial charge in [0.15, 0.2) is 0 Å². The number of hydrogen-bond donors (Lipinski definition) is 0. The lowest BCUT2D eigenvalue weighted by molar-refractivity contribution is 0.0895. The third kappa shape index (κ3) is 3.72. The molecule has 0 atom stereocenters. The normalized spacial score (nSPS) is 20.5. The van der Waals surface area contributed by atoms with Crippen LogP contribution in [0.2, 0.25) is 0 Å². The second-order valence-electron chi connectivity index (χ2n) is 8.00. The van der Waals surface area contributed by atoms with Gasteiger partial charge in [0.1, 0.15) is 0 Å². The highest BCUT2D eigenvalue weighted by molar-refractivity contribution is 5.36. The van der Waals surface area contributed by atoms with Crippen molar-refractivity contribution >= 4 is 0 Å². The minimum absolute atomic E-state index is 0.820. The Labute approximate surface area is 157 Å². The van der Waals surface area contributed by atoms with Crippen LogP contribution in [-0.2, 0) is 6.54 Å². The highest BCUT2D eigenvalue weighted by atomic mass is 15.3. The maximum Gasteiger partial charge on any atom is 0.0648 e. The van der Waals surface area contributed by atoms with Gasteiger partial charge < -0.3 is 4.90 Å². The molecule has 1 aromatic carbocycles. The third-order valence-corrected chi connectivity index (χ3v) is 6.29. The predicted octanol–water partition coefficient (Wildman–Crippen LogP) is 3.94. The molecule has 3 heterocycles. The molecule has 1 aromatic heterocycles. The van der Waals surface area contributed by atoms with Crippen molar-refractivity contribution in [2.45, 2.75) is 58.5 Å². The average molecular weight is 353 g/mol. The maximum atomic E-state index is 4.82. The molecule has 0 radical (unpaired) electrons. The first-order valence-corrected chi connectivity index (χ1v) is 10.3. The Morgan fingerprint density at radius 1 is 0.923 bits per heavy atom. The first-order chi connectivity index (χ1) is 12.7. The van der Waals surface area contributed by atoms with Gasteiger partial charge in [0, 0.05) is 23.8 Å². The molecule has 0 bridgehead atoms. The van der Waals surface area contributed by atoms with Gasteiger partial charge in [-0.2, -0.15) is 5.10 Å². The Balaban J connectivity index is 1.40. The van der Waals surface area contributed by atoms with Crippen LogP contribution >= 0.6 is 0 Å². The number of piperidine rings is 2. The number of aryl methyl sites for hydroxylation is 1. The van der Waals surface area contributed by atoms with E-state index in [0.717, 1.165) is 18.3 Å². The molecule has 2 aliphatic heterocycles. The highest BCUT2D eigenvalue weighted by Crippen LogP contribution is 2.24. The molecule has 0 spiro atoms. The molecule has 2 aliphatic rings. The summed E-state index contributed by atoms with van der Waals surface area (Å²) >= 11 is 0. The summed E-state index contributed by atoms with van der Waals surface area (Å²) in [6, 6.07) is 11.3. The van der Waals surface area contributed by atoms with E-state index in [4.69, 9.17) is 5.10 Å². The van der Waals surface area contributed by atoms with Crippen LogP contribution in [0.15, 0.2) is 30.3 Å². The van der Waals surface area contributed by atoms with Crippen molar-refractivity contribution in [3.05, 3.63) is 47.3 Å². The number of rotatable bonds is 4. The van der Waals surface area contributed by atoms with Gasteiger partial charge in [0.25, 0.3) is 0 Å². The van der Waals surface area contributed by atoms with Crippen molar-refractivity contribution in [1.29, 1.82) is 0 Å². The van der Waals surface area contributed by atoms with E-state index >= 15 is 0 Å². The van der Waals surface area contributed by atoms with Gasteiger partial charge in [0.2, 0.25) is 0 Å². The largest absolute Gasteiger partial charge is 0.300 e. The van der Waals surface area contributed by atoms with Crippen molar-refractivity contribution in [2.24, 2.45) is 0 Å². The van der Waals surface area contributed by atoms with Crippen molar-refractivity contribution in [2.75, 3.05) is 26.2 Å². The molecule has 2 aromatic rings. The minimum Gasteiger partial charge on any atom is -0.300 e. The molecule has 4 rings (SSSR count). The second-order valence-corrected chi connectivity index (χ2v) is 8.00. The van der Waals surface area contributed by atoms with Crippen LogP contribution in [0, 0.1) is 13.8 Å². The summed E-state index contributed by atoms with van der Waals surface area (Å²) in [4.78, 5) is 5.39. The van der Waals surface area contributed by atoms with E-state index in [2.05, 4.69) is 58.7 Å². The zero-order chi connectivity index (χ0) is 17.9. The molecule has 26 heavy (non-hydrogen) atoms. The Kier molecular flexibility index (Phi) is 5.41. The minimum atomic E-state index is 0.820. The Morgan fingerprint density at radius 2 is 1.62 bits per heavy atom. The van der Waals surface area contributed by atoms with E-state index in [1.807, 2.05) is 0 Å². The van der Waals surface area contributed by atoms with Crippen molar-refractivity contribution < 1.29 is 0 Å². The summed E-state index contributed by atoms with van der Waals surface area (Å²) in [5.41, 5.74) is 5.02. The number of likely N-dealkylation sites (tertiary alicyclic amines) is 2. The van der Waals surface area contributed by atoms with Crippen molar-refractivity contribution in [1.82, 2.24) is 19.6 Å². The number of hydrogen-bond acceptors (Lipinski definition) is 3. The first kappa shape index (κ1) is 17.7. The molecular formula is C22H32N4. The number of aromatic nitrogens is 2. The zero-order valence-electron chi connectivity index (χ0n) is 16.3. The smallest absolute Gasteiger partial charge is 0.0648 e. The Morgan fingerprint density at radius 3 is 2.31 bits per heavy atom. The summed E-state index contributed by atoms with van der Waals surface area (Å²) in [5.74, 6) is 0. The fourth-order valence-electron chi connectivity index (χ4n) is 4.67. The highest BCUT2D eigenvalue weighted by Gasteiger charge is 2.26. The molecule has 140 valence electrons. The van der Waals surface area contributed by atoms with Crippen LogP contribution in [0.5, 0.6) is 0 Å². The van der Waals surface area contributed by atoms with Gasteiger partial charge in [-0.05, 0) is 77.8 Å². The average Bonchev–Trinajstić information content (AvgIpc) is 2.98. The lowest BCUT2D eigenvalue weighted by Crippen LogP contribution is -2.46. The second kappa shape index (κ2) is 7.93. The molecule has 4 heteroatoms. The topological polar surface area (TPSA) is 24.3 Å². The quantitative estimate of drug-likeness (QED) is 0.833. The number of benzene rings is 1. The molecule has 0 unspecified atom stereocenters. The van der Waals surface area contributed by atoms with Gasteiger partial charge in [-0.1, -0.05) is 24.6 Å². The van der Waals surface area contributed by atoms with E-state index in [9.17, 15) is 0 Å².